The fourth-order valence-corrected chi connectivity index (χ4v) is 4.80. The van der Waals surface area contributed by atoms with Crippen LogP contribution in [-0.4, -0.2) is 43.4 Å². The molecule has 0 spiro atoms. The largest absolute Gasteiger partial charge is 0.498 e. The van der Waals surface area contributed by atoms with E-state index in [0.29, 0.717) is 17.3 Å². The smallest absolute Gasteiger partial charge is 0.231 e. The van der Waals surface area contributed by atoms with Crippen LogP contribution in [-0.2, 0) is 14.2 Å². The molecule has 1 fully saturated rings. The van der Waals surface area contributed by atoms with Gasteiger partial charge in [-0.3, -0.25) is 0 Å². The highest BCUT2D eigenvalue weighted by atomic mass is 16.7. The summed E-state index contributed by atoms with van der Waals surface area (Å²) in [6, 6.07) is 5.60. The van der Waals surface area contributed by atoms with E-state index in [1.807, 2.05) is 30.4 Å². The van der Waals surface area contributed by atoms with E-state index in [4.69, 9.17) is 23.7 Å². The number of methoxy groups -OCH3 is 2. The topological polar surface area (TPSA) is 66.4 Å². The number of ether oxygens (including phenoxy) is 5. The first-order valence-electron chi connectivity index (χ1n) is 9.17. The third-order valence-corrected chi connectivity index (χ3v) is 6.06. The highest BCUT2D eigenvalue weighted by molar-refractivity contribution is 5.47. The van der Waals surface area contributed by atoms with E-state index in [-0.39, 0.29) is 18.8 Å². The van der Waals surface area contributed by atoms with Crippen molar-refractivity contribution in [3.63, 3.8) is 0 Å². The average molecular weight is 374 g/mol. The first-order chi connectivity index (χ1) is 13.0. The highest BCUT2D eigenvalue weighted by Crippen LogP contribution is 2.58. The summed E-state index contributed by atoms with van der Waals surface area (Å²) < 4.78 is 29.0. The van der Waals surface area contributed by atoms with Gasteiger partial charge in [0, 0.05) is 7.11 Å². The second-order valence-corrected chi connectivity index (χ2v) is 7.43. The van der Waals surface area contributed by atoms with Gasteiger partial charge in [0.15, 0.2) is 17.1 Å². The van der Waals surface area contributed by atoms with Crippen LogP contribution in [0.5, 0.6) is 11.5 Å². The van der Waals surface area contributed by atoms with Crippen LogP contribution in [0.25, 0.3) is 0 Å². The Bertz CT molecular complexity index is 770. The van der Waals surface area contributed by atoms with Gasteiger partial charge in [-0.05, 0) is 49.5 Å². The Labute approximate surface area is 159 Å². The molecule has 3 aliphatic rings. The quantitative estimate of drug-likeness (QED) is 0.799. The molecule has 1 aliphatic carbocycles. The summed E-state index contributed by atoms with van der Waals surface area (Å²) in [6.07, 6.45) is 4.42. The maximum atomic E-state index is 11.7. The summed E-state index contributed by atoms with van der Waals surface area (Å²) in [4.78, 5) is 0. The molecule has 2 aliphatic heterocycles. The van der Waals surface area contributed by atoms with Gasteiger partial charge in [-0.15, -0.1) is 6.58 Å². The number of hydrogen-bond donors (Lipinski definition) is 1. The van der Waals surface area contributed by atoms with Crippen LogP contribution in [0.3, 0.4) is 0 Å². The molecule has 1 aromatic rings. The van der Waals surface area contributed by atoms with Gasteiger partial charge in [-0.2, -0.15) is 0 Å². The number of allylic oxidation sites excluding steroid dienone is 2. The first kappa shape index (κ1) is 18.3. The minimum atomic E-state index is -1.36. The second kappa shape index (κ2) is 6.55. The Kier molecular flexibility index (Phi) is 4.45. The van der Waals surface area contributed by atoms with E-state index in [9.17, 15) is 5.11 Å². The molecular weight excluding hydrogens is 348 g/mol. The highest BCUT2D eigenvalue weighted by Gasteiger charge is 2.69. The summed E-state index contributed by atoms with van der Waals surface area (Å²) in [7, 11) is 3.19. The molecule has 2 heterocycles. The van der Waals surface area contributed by atoms with Crippen molar-refractivity contribution in [1.82, 2.24) is 0 Å². The lowest BCUT2D eigenvalue weighted by molar-refractivity contribution is -0.162. The molecule has 4 rings (SSSR count). The van der Waals surface area contributed by atoms with Crippen molar-refractivity contribution >= 4 is 0 Å². The Balaban J connectivity index is 1.80. The second-order valence-electron chi connectivity index (χ2n) is 7.43. The van der Waals surface area contributed by atoms with Crippen LogP contribution >= 0.6 is 0 Å². The van der Waals surface area contributed by atoms with Gasteiger partial charge in [-0.25, -0.2) is 0 Å². The van der Waals surface area contributed by atoms with Crippen molar-refractivity contribution in [2.45, 2.75) is 43.2 Å². The Morgan fingerprint density at radius 2 is 2.07 bits per heavy atom. The minimum Gasteiger partial charge on any atom is -0.498 e. The van der Waals surface area contributed by atoms with Crippen LogP contribution in [0.15, 0.2) is 42.7 Å². The number of hydrogen-bond acceptors (Lipinski definition) is 6. The molecule has 0 radical (unpaired) electrons. The molecule has 0 aromatic heterocycles. The molecule has 1 N–H and O–H groups in total. The summed E-state index contributed by atoms with van der Waals surface area (Å²) in [6.45, 7) is 5.81. The molecule has 146 valence electrons. The van der Waals surface area contributed by atoms with Crippen molar-refractivity contribution in [3.8, 4) is 11.5 Å². The lowest BCUT2D eigenvalue weighted by Gasteiger charge is -2.46. The van der Waals surface area contributed by atoms with E-state index in [2.05, 4.69) is 6.58 Å². The Morgan fingerprint density at radius 1 is 1.30 bits per heavy atom. The van der Waals surface area contributed by atoms with Crippen molar-refractivity contribution in [2.75, 3.05) is 21.0 Å². The molecule has 1 saturated heterocycles. The van der Waals surface area contributed by atoms with E-state index in [0.717, 1.165) is 18.4 Å². The van der Waals surface area contributed by atoms with Crippen LogP contribution in [0.2, 0.25) is 0 Å². The van der Waals surface area contributed by atoms with E-state index < -0.39 is 17.3 Å². The normalized spacial score (nSPS) is 36.9. The molecule has 0 saturated carbocycles. The number of aliphatic hydroxyl groups is 1. The van der Waals surface area contributed by atoms with Crippen LogP contribution in [0.4, 0.5) is 0 Å². The first-order valence-corrected chi connectivity index (χ1v) is 9.17. The third kappa shape index (κ3) is 2.43. The van der Waals surface area contributed by atoms with Gasteiger partial charge in [0.25, 0.3) is 0 Å². The number of rotatable bonds is 5. The van der Waals surface area contributed by atoms with E-state index in [1.165, 1.54) is 0 Å². The molecule has 0 amide bonds. The van der Waals surface area contributed by atoms with Gasteiger partial charge in [0.1, 0.15) is 23.6 Å². The van der Waals surface area contributed by atoms with Crippen LogP contribution < -0.4 is 9.47 Å². The summed E-state index contributed by atoms with van der Waals surface area (Å²) >= 11 is 0. The summed E-state index contributed by atoms with van der Waals surface area (Å²) in [5, 5.41) is 11.7. The fourth-order valence-electron chi connectivity index (χ4n) is 4.80. The predicted octanol–water partition coefficient (Wildman–Crippen LogP) is 3.12. The molecule has 0 unspecified atom stereocenters. The number of benzene rings is 1. The average Bonchev–Trinajstić information content (AvgIpc) is 3.22. The third-order valence-electron chi connectivity index (χ3n) is 6.06. The van der Waals surface area contributed by atoms with Crippen LogP contribution in [0, 0.1) is 5.92 Å². The Hall–Kier alpha value is -2.02. The van der Waals surface area contributed by atoms with E-state index in [1.54, 1.807) is 21.1 Å². The van der Waals surface area contributed by atoms with Gasteiger partial charge in [0.2, 0.25) is 6.79 Å². The van der Waals surface area contributed by atoms with E-state index >= 15 is 0 Å². The van der Waals surface area contributed by atoms with Gasteiger partial charge < -0.3 is 28.8 Å². The van der Waals surface area contributed by atoms with Crippen molar-refractivity contribution in [2.24, 2.45) is 5.92 Å². The number of fused-ring (bicyclic) bond motifs is 2. The molecule has 0 bridgehead atoms. The zero-order valence-corrected chi connectivity index (χ0v) is 15.9. The summed E-state index contributed by atoms with van der Waals surface area (Å²) in [5.41, 5.74) is -1.65. The van der Waals surface area contributed by atoms with Gasteiger partial charge in [-0.1, -0.05) is 12.1 Å². The lowest BCUT2D eigenvalue weighted by atomic mass is 9.69. The maximum absolute atomic E-state index is 11.7. The molecular formula is C21H26O6. The van der Waals surface area contributed by atoms with Crippen molar-refractivity contribution < 1.29 is 28.8 Å². The lowest BCUT2D eigenvalue weighted by Crippen LogP contribution is -2.61. The molecule has 27 heavy (non-hydrogen) atoms. The SMILES string of the molecule is C=CC[C@H]1CC=C(OC)[C@@]2(OC)[C@@H]1O[C@@H](c1ccc3c(c1)OCO3)[C@]2(C)O. The maximum Gasteiger partial charge on any atom is 0.231 e. The van der Waals surface area contributed by atoms with Crippen molar-refractivity contribution in [3.05, 3.63) is 48.3 Å². The van der Waals surface area contributed by atoms with Gasteiger partial charge in [0.05, 0.1) is 7.11 Å². The molecule has 6 nitrogen and oxygen atoms in total. The molecule has 6 heteroatoms. The fraction of sp³-hybridized carbons (Fsp3) is 0.524. The minimum absolute atomic E-state index is 0.131. The van der Waals surface area contributed by atoms with Crippen molar-refractivity contribution in [1.29, 1.82) is 0 Å². The predicted molar refractivity (Wildman–Crippen MR) is 98.6 cm³/mol. The van der Waals surface area contributed by atoms with Crippen LogP contribution in [0.1, 0.15) is 31.4 Å². The molecule has 5 atom stereocenters. The molecule has 1 aromatic carbocycles. The van der Waals surface area contributed by atoms with Gasteiger partial charge >= 0.3 is 0 Å². The zero-order chi connectivity index (χ0) is 19.2. The summed E-state index contributed by atoms with van der Waals surface area (Å²) in [5.74, 6) is 2.08. The standard InChI is InChI=1S/C21H26O6/c1-5-6-13-8-10-17(23-3)21(24-4)19(13)27-18(20(21,2)22)14-7-9-15-16(11-14)26-12-25-15/h5,7,9-11,13,18-19,22H,1,6,8,12H2,2-4H3/t13-,18-,19+,20-,21+/m0/s1. The zero-order valence-electron chi connectivity index (χ0n) is 15.9. The Morgan fingerprint density at radius 3 is 2.78 bits per heavy atom. The monoisotopic (exact) mass is 374 g/mol.